The van der Waals surface area contributed by atoms with E-state index in [-0.39, 0.29) is 33.7 Å². The van der Waals surface area contributed by atoms with E-state index in [1.165, 1.54) is 43.6 Å². The average Bonchev–Trinajstić information content (AvgIpc) is 2.71. The van der Waals surface area contributed by atoms with E-state index in [2.05, 4.69) is 9.71 Å². The standard InChI is InChI=1S/C20H14ClFN2O5S/c1-28-19-16(21)6-13-7-17(19)30(26,27)24-18-8-11(4-5-23-18)15-9-14(22)3-2-12(15)10-29-20(13)25/h2-9H,10H2,1H3,(H,23,24). The van der Waals surface area contributed by atoms with E-state index in [4.69, 9.17) is 21.1 Å². The van der Waals surface area contributed by atoms with Crippen LogP contribution >= 0.6 is 11.6 Å². The summed E-state index contributed by atoms with van der Waals surface area (Å²) in [5.74, 6) is -1.42. The number of ether oxygens (including phenoxy) is 2. The minimum absolute atomic E-state index is 0.00205. The Labute approximate surface area is 176 Å². The smallest absolute Gasteiger partial charge is 0.338 e. The largest absolute Gasteiger partial charge is 0.494 e. The Morgan fingerprint density at radius 2 is 1.97 bits per heavy atom. The molecule has 0 saturated heterocycles. The molecule has 1 aromatic heterocycles. The molecule has 154 valence electrons. The molecule has 0 radical (unpaired) electrons. The van der Waals surface area contributed by atoms with Crippen LogP contribution < -0.4 is 9.46 Å². The van der Waals surface area contributed by atoms with Gasteiger partial charge in [0.1, 0.15) is 23.1 Å². The summed E-state index contributed by atoms with van der Waals surface area (Å²) in [6.07, 6.45) is 1.38. The molecule has 4 bridgehead atoms. The third kappa shape index (κ3) is 3.69. The van der Waals surface area contributed by atoms with Crippen molar-refractivity contribution in [2.45, 2.75) is 11.5 Å². The minimum atomic E-state index is -4.24. The number of rotatable bonds is 1. The lowest BCUT2D eigenvalue weighted by Crippen LogP contribution is -2.16. The van der Waals surface area contributed by atoms with Crippen LogP contribution in [0.15, 0.2) is 53.6 Å². The summed E-state index contributed by atoms with van der Waals surface area (Å²) in [4.78, 5) is 16.3. The van der Waals surface area contributed by atoms with E-state index in [9.17, 15) is 17.6 Å². The highest BCUT2D eigenvalue weighted by Crippen LogP contribution is 2.35. The molecule has 7 nitrogen and oxygen atoms in total. The molecule has 30 heavy (non-hydrogen) atoms. The number of carbonyl (C=O) groups is 1. The highest BCUT2D eigenvalue weighted by atomic mass is 35.5. The van der Waals surface area contributed by atoms with Crippen molar-refractivity contribution in [1.29, 1.82) is 0 Å². The molecule has 2 heterocycles. The van der Waals surface area contributed by atoms with Crippen molar-refractivity contribution in [2.75, 3.05) is 11.8 Å². The number of hydrogen-bond acceptors (Lipinski definition) is 6. The molecular formula is C20H14ClFN2O5S. The fraction of sp³-hybridized carbons (Fsp3) is 0.100. The number of pyridine rings is 1. The van der Waals surface area contributed by atoms with Crippen LogP contribution in [0, 0.1) is 5.82 Å². The third-order valence-electron chi connectivity index (χ3n) is 4.48. The Bertz CT molecular complexity index is 1280. The van der Waals surface area contributed by atoms with E-state index in [0.717, 1.165) is 6.07 Å². The van der Waals surface area contributed by atoms with Gasteiger partial charge in [0.05, 0.1) is 17.7 Å². The summed E-state index contributed by atoms with van der Waals surface area (Å²) in [7, 11) is -2.98. The minimum Gasteiger partial charge on any atom is -0.494 e. The van der Waals surface area contributed by atoms with E-state index in [0.29, 0.717) is 16.7 Å². The molecule has 1 aliphatic rings. The first-order valence-corrected chi connectivity index (χ1v) is 10.5. The van der Waals surface area contributed by atoms with Crippen molar-refractivity contribution in [1.82, 2.24) is 4.98 Å². The first-order chi connectivity index (χ1) is 14.3. The second-order valence-corrected chi connectivity index (χ2v) is 8.46. The third-order valence-corrected chi connectivity index (χ3v) is 6.12. The highest BCUT2D eigenvalue weighted by Gasteiger charge is 2.26. The number of fused-ring (bicyclic) bond motifs is 6. The average molecular weight is 449 g/mol. The number of nitrogens with one attached hydrogen (secondary N) is 1. The Morgan fingerprint density at radius 3 is 2.73 bits per heavy atom. The molecule has 10 heteroatoms. The summed E-state index contributed by atoms with van der Waals surface area (Å²) >= 11 is 6.15. The van der Waals surface area contributed by atoms with Crippen LogP contribution in [0.4, 0.5) is 10.2 Å². The van der Waals surface area contributed by atoms with Crippen LogP contribution in [-0.4, -0.2) is 26.5 Å². The molecule has 2 aromatic carbocycles. The van der Waals surface area contributed by atoms with Crippen LogP contribution in [0.3, 0.4) is 0 Å². The number of aromatic nitrogens is 1. The molecular weight excluding hydrogens is 435 g/mol. The van der Waals surface area contributed by atoms with E-state index >= 15 is 0 Å². The molecule has 0 fully saturated rings. The van der Waals surface area contributed by atoms with Crippen molar-refractivity contribution in [3.05, 3.63) is 70.6 Å². The van der Waals surface area contributed by atoms with E-state index < -0.39 is 21.8 Å². The SMILES string of the molecule is COc1c(Cl)cc2cc1S(=O)(=O)Nc1cc(ccn1)-c1cc(F)ccc1COC2=O. The van der Waals surface area contributed by atoms with Gasteiger partial charge in [-0.15, -0.1) is 0 Å². The summed E-state index contributed by atoms with van der Waals surface area (Å²) < 4.78 is 52.7. The maximum Gasteiger partial charge on any atom is 0.338 e. The topological polar surface area (TPSA) is 94.6 Å². The summed E-state index contributed by atoms with van der Waals surface area (Å²) in [5.41, 5.74) is 1.38. The second-order valence-electron chi connectivity index (χ2n) is 6.40. The summed E-state index contributed by atoms with van der Waals surface area (Å²) in [6.45, 7) is -0.161. The summed E-state index contributed by atoms with van der Waals surface area (Å²) in [5, 5.41) is -0.0774. The Balaban J connectivity index is 1.96. The number of methoxy groups -OCH3 is 1. The zero-order valence-electron chi connectivity index (χ0n) is 15.5. The van der Waals surface area contributed by atoms with Crippen molar-refractivity contribution in [3.63, 3.8) is 0 Å². The first-order valence-electron chi connectivity index (χ1n) is 8.61. The maximum atomic E-state index is 13.9. The molecule has 0 spiro atoms. The van der Waals surface area contributed by atoms with Crippen LogP contribution in [-0.2, 0) is 21.4 Å². The number of hydrogen-bond donors (Lipinski definition) is 1. The van der Waals surface area contributed by atoms with Crippen LogP contribution in [0.2, 0.25) is 5.02 Å². The second kappa shape index (κ2) is 7.58. The number of anilines is 1. The molecule has 1 aliphatic heterocycles. The number of esters is 1. The number of sulfonamides is 1. The van der Waals surface area contributed by atoms with Gasteiger partial charge in [-0.3, -0.25) is 4.72 Å². The molecule has 4 rings (SSSR count). The van der Waals surface area contributed by atoms with Gasteiger partial charge in [-0.05, 0) is 53.1 Å². The van der Waals surface area contributed by atoms with Gasteiger partial charge in [0.15, 0.2) is 5.75 Å². The predicted octanol–water partition coefficient (Wildman–Crippen LogP) is 4.02. The van der Waals surface area contributed by atoms with Crippen molar-refractivity contribution in [2.24, 2.45) is 0 Å². The Hall–Kier alpha value is -3.17. The zero-order valence-corrected chi connectivity index (χ0v) is 17.1. The fourth-order valence-electron chi connectivity index (χ4n) is 3.10. The normalized spacial score (nSPS) is 14.8. The molecule has 0 atom stereocenters. The van der Waals surface area contributed by atoms with Crippen LogP contribution in [0.1, 0.15) is 15.9 Å². The highest BCUT2D eigenvalue weighted by molar-refractivity contribution is 7.92. The van der Waals surface area contributed by atoms with E-state index in [1.807, 2.05) is 0 Å². The monoisotopic (exact) mass is 448 g/mol. The van der Waals surface area contributed by atoms with Crippen LogP contribution in [0.5, 0.6) is 5.75 Å². The number of halogens is 2. The Kier molecular flexibility index (Phi) is 5.08. The van der Waals surface area contributed by atoms with Gasteiger partial charge in [-0.2, -0.15) is 0 Å². The van der Waals surface area contributed by atoms with Gasteiger partial charge < -0.3 is 9.47 Å². The molecule has 0 aliphatic carbocycles. The molecule has 0 saturated carbocycles. The number of carbonyl (C=O) groups excluding carboxylic acids is 1. The van der Waals surface area contributed by atoms with Crippen molar-refractivity contribution < 1.29 is 27.1 Å². The van der Waals surface area contributed by atoms with Crippen molar-refractivity contribution >= 4 is 33.4 Å². The molecule has 3 aromatic rings. The van der Waals surface area contributed by atoms with Gasteiger partial charge in [0.2, 0.25) is 0 Å². The quantitative estimate of drug-likeness (QED) is 0.565. The van der Waals surface area contributed by atoms with Crippen molar-refractivity contribution in [3.8, 4) is 16.9 Å². The van der Waals surface area contributed by atoms with E-state index in [1.54, 1.807) is 6.07 Å². The number of nitrogens with zero attached hydrogens (tertiary/aromatic N) is 1. The van der Waals surface area contributed by atoms with Gasteiger partial charge >= 0.3 is 5.97 Å². The first kappa shape index (κ1) is 20.1. The maximum absolute atomic E-state index is 13.9. The van der Waals surface area contributed by atoms with Gasteiger partial charge in [-0.25, -0.2) is 22.6 Å². The predicted molar refractivity (Wildman–Crippen MR) is 108 cm³/mol. The van der Waals surface area contributed by atoms with Crippen LogP contribution in [0.25, 0.3) is 11.1 Å². The zero-order chi connectivity index (χ0) is 21.5. The van der Waals surface area contributed by atoms with Gasteiger partial charge in [0, 0.05) is 6.20 Å². The van der Waals surface area contributed by atoms with Gasteiger partial charge in [-0.1, -0.05) is 17.7 Å². The number of benzene rings is 2. The molecule has 0 amide bonds. The lowest BCUT2D eigenvalue weighted by atomic mass is 10.0. The Morgan fingerprint density at radius 1 is 1.17 bits per heavy atom. The molecule has 1 N–H and O–H groups in total. The fourth-order valence-corrected chi connectivity index (χ4v) is 4.67. The lowest BCUT2D eigenvalue weighted by molar-refractivity contribution is 0.0473. The summed E-state index contributed by atoms with van der Waals surface area (Å²) in [6, 6.07) is 9.43. The lowest BCUT2D eigenvalue weighted by Gasteiger charge is -2.14. The molecule has 0 unspecified atom stereocenters. The van der Waals surface area contributed by atoms with Gasteiger partial charge in [0.25, 0.3) is 10.0 Å². The number of cyclic esters (lactones) is 1.